The number of hydrogen-bond acceptors (Lipinski definition) is 2. The fourth-order valence-electron chi connectivity index (χ4n) is 2.38. The van der Waals surface area contributed by atoms with Crippen LogP contribution in [0.15, 0.2) is 71.8 Å². The van der Waals surface area contributed by atoms with Crippen LogP contribution < -0.4 is 0 Å². The van der Waals surface area contributed by atoms with E-state index in [9.17, 15) is 4.79 Å². The first-order chi connectivity index (χ1) is 10.8. The van der Waals surface area contributed by atoms with Gasteiger partial charge >= 0.3 is 0 Å². The van der Waals surface area contributed by atoms with Gasteiger partial charge in [0, 0.05) is 12.8 Å². The molecule has 3 heteroatoms. The Morgan fingerprint density at radius 3 is 2.32 bits per heavy atom. The van der Waals surface area contributed by atoms with Crippen LogP contribution in [0.25, 0.3) is 6.08 Å². The molecule has 3 rings (SSSR count). The van der Waals surface area contributed by atoms with Crippen molar-refractivity contribution in [3.8, 4) is 0 Å². The molecule has 22 heavy (non-hydrogen) atoms. The molecular formula is C19H18N2O. The van der Waals surface area contributed by atoms with Gasteiger partial charge in [0.05, 0.1) is 12.3 Å². The van der Waals surface area contributed by atoms with Crippen LogP contribution in [0.1, 0.15) is 24.0 Å². The van der Waals surface area contributed by atoms with Gasteiger partial charge < -0.3 is 0 Å². The number of carbonyl (C=O) groups is 1. The van der Waals surface area contributed by atoms with Gasteiger partial charge in [-0.05, 0) is 17.2 Å². The van der Waals surface area contributed by atoms with Crippen molar-refractivity contribution in [2.45, 2.75) is 19.4 Å². The molecule has 2 aromatic carbocycles. The number of rotatable bonds is 4. The highest BCUT2D eigenvalue weighted by atomic mass is 16.2. The molecule has 3 nitrogen and oxygen atoms in total. The summed E-state index contributed by atoms with van der Waals surface area (Å²) in [5.74, 6) is 0.0840. The lowest BCUT2D eigenvalue weighted by Gasteiger charge is -2.22. The van der Waals surface area contributed by atoms with E-state index >= 15 is 0 Å². The van der Waals surface area contributed by atoms with Crippen LogP contribution in [0.5, 0.6) is 0 Å². The summed E-state index contributed by atoms with van der Waals surface area (Å²) in [6.45, 7) is 0.530. The Labute approximate surface area is 130 Å². The van der Waals surface area contributed by atoms with Crippen molar-refractivity contribution in [2.75, 3.05) is 0 Å². The van der Waals surface area contributed by atoms with Crippen molar-refractivity contribution in [1.82, 2.24) is 5.01 Å². The van der Waals surface area contributed by atoms with Crippen molar-refractivity contribution in [3.63, 3.8) is 0 Å². The number of carbonyl (C=O) groups excluding carboxylic acids is 1. The molecule has 0 aromatic heterocycles. The second kappa shape index (κ2) is 6.85. The van der Waals surface area contributed by atoms with E-state index in [1.54, 1.807) is 5.01 Å². The number of hydrogen-bond donors (Lipinski definition) is 0. The molecule has 0 N–H and O–H groups in total. The fourth-order valence-corrected chi connectivity index (χ4v) is 2.38. The van der Waals surface area contributed by atoms with E-state index in [0.29, 0.717) is 19.4 Å². The normalized spacial score (nSPS) is 15.2. The zero-order valence-corrected chi connectivity index (χ0v) is 12.4. The molecule has 0 spiro atoms. The van der Waals surface area contributed by atoms with E-state index < -0.39 is 0 Å². The quantitative estimate of drug-likeness (QED) is 0.841. The van der Waals surface area contributed by atoms with Gasteiger partial charge in [0.15, 0.2) is 0 Å². The zero-order valence-electron chi connectivity index (χ0n) is 12.4. The van der Waals surface area contributed by atoms with Crippen LogP contribution in [-0.2, 0) is 11.3 Å². The minimum atomic E-state index is 0.0840. The van der Waals surface area contributed by atoms with E-state index in [-0.39, 0.29) is 5.91 Å². The first-order valence-corrected chi connectivity index (χ1v) is 7.46. The lowest BCUT2D eigenvalue weighted by molar-refractivity contribution is -0.132. The summed E-state index contributed by atoms with van der Waals surface area (Å²) in [7, 11) is 0. The number of benzene rings is 2. The van der Waals surface area contributed by atoms with Crippen molar-refractivity contribution in [1.29, 1.82) is 0 Å². The molecule has 1 aliphatic heterocycles. The average Bonchev–Trinajstić information content (AvgIpc) is 2.57. The van der Waals surface area contributed by atoms with Crippen LogP contribution in [0.3, 0.4) is 0 Å². The minimum Gasteiger partial charge on any atom is -0.273 e. The molecular weight excluding hydrogens is 272 g/mol. The summed E-state index contributed by atoms with van der Waals surface area (Å²) in [4.78, 5) is 12.0. The predicted molar refractivity (Wildman–Crippen MR) is 89.1 cm³/mol. The van der Waals surface area contributed by atoms with Crippen molar-refractivity contribution in [2.24, 2.45) is 5.10 Å². The molecule has 1 aliphatic rings. The molecule has 110 valence electrons. The van der Waals surface area contributed by atoms with Gasteiger partial charge in [0.1, 0.15) is 0 Å². The van der Waals surface area contributed by atoms with Gasteiger partial charge in [0.2, 0.25) is 5.91 Å². The molecule has 0 unspecified atom stereocenters. The predicted octanol–water partition coefficient (Wildman–Crippen LogP) is 3.88. The first-order valence-electron chi connectivity index (χ1n) is 7.46. The summed E-state index contributed by atoms with van der Waals surface area (Å²) in [6, 6.07) is 20.1. The van der Waals surface area contributed by atoms with E-state index in [1.165, 1.54) is 0 Å². The molecule has 1 amide bonds. The summed E-state index contributed by atoms with van der Waals surface area (Å²) >= 11 is 0. The minimum absolute atomic E-state index is 0.0840. The molecule has 1 heterocycles. The molecule has 0 saturated heterocycles. The van der Waals surface area contributed by atoms with Crippen LogP contribution >= 0.6 is 0 Å². The standard InChI is InChI=1S/C19H18N2O/c22-19-14-13-18(12-11-16-7-3-1-4-8-16)20-21(19)15-17-9-5-2-6-10-17/h1-12H,13-15H2/b12-11+. The van der Waals surface area contributed by atoms with E-state index in [1.807, 2.05) is 72.8 Å². The van der Waals surface area contributed by atoms with Gasteiger partial charge in [-0.3, -0.25) is 4.79 Å². The molecule has 0 bridgehead atoms. The lowest BCUT2D eigenvalue weighted by atomic mass is 10.1. The summed E-state index contributed by atoms with van der Waals surface area (Å²) in [5.41, 5.74) is 3.17. The maximum absolute atomic E-state index is 12.0. The Hall–Kier alpha value is -2.68. The maximum Gasteiger partial charge on any atom is 0.243 e. The summed E-state index contributed by atoms with van der Waals surface area (Å²) < 4.78 is 0. The monoisotopic (exact) mass is 290 g/mol. The molecule has 0 radical (unpaired) electrons. The topological polar surface area (TPSA) is 32.7 Å². The van der Waals surface area contributed by atoms with Crippen molar-refractivity contribution < 1.29 is 4.79 Å². The molecule has 0 saturated carbocycles. The zero-order chi connectivity index (χ0) is 15.2. The molecule has 0 fully saturated rings. The summed E-state index contributed by atoms with van der Waals surface area (Å²) in [6.07, 6.45) is 5.26. The maximum atomic E-state index is 12.0. The van der Waals surface area contributed by atoms with E-state index in [4.69, 9.17) is 0 Å². The second-order valence-corrected chi connectivity index (χ2v) is 5.27. The van der Waals surface area contributed by atoms with Gasteiger partial charge in [-0.15, -0.1) is 0 Å². The molecule has 2 aromatic rings. The second-order valence-electron chi connectivity index (χ2n) is 5.27. The third-order valence-corrected chi connectivity index (χ3v) is 3.57. The summed E-state index contributed by atoms with van der Waals surface area (Å²) in [5, 5.41) is 6.06. The number of nitrogens with zero attached hydrogens (tertiary/aromatic N) is 2. The Bertz CT molecular complexity index is 690. The van der Waals surface area contributed by atoms with E-state index in [0.717, 1.165) is 16.8 Å². The lowest BCUT2D eigenvalue weighted by Crippen LogP contribution is -2.30. The Morgan fingerprint density at radius 1 is 0.909 bits per heavy atom. The Kier molecular flexibility index (Phi) is 4.44. The average molecular weight is 290 g/mol. The number of hydrazone groups is 1. The third kappa shape index (κ3) is 3.70. The Balaban J connectivity index is 1.73. The SMILES string of the molecule is O=C1CCC(/C=C/c2ccccc2)=NN1Cc1ccccc1. The number of allylic oxidation sites excluding steroid dienone is 1. The van der Waals surface area contributed by atoms with Crippen molar-refractivity contribution >= 4 is 17.7 Å². The molecule has 0 atom stereocenters. The first kappa shape index (κ1) is 14.3. The van der Waals surface area contributed by atoms with Crippen LogP contribution in [0.4, 0.5) is 0 Å². The largest absolute Gasteiger partial charge is 0.273 e. The van der Waals surface area contributed by atoms with Crippen LogP contribution in [0.2, 0.25) is 0 Å². The van der Waals surface area contributed by atoms with Gasteiger partial charge in [0.25, 0.3) is 0 Å². The molecule has 0 aliphatic carbocycles. The third-order valence-electron chi connectivity index (χ3n) is 3.57. The highest BCUT2D eigenvalue weighted by Crippen LogP contribution is 2.14. The fraction of sp³-hybridized carbons (Fsp3) is 0.158. The van der Waals surface area contributed by atoms with E-state index in [2.05, 4.69) is 5.10 Å². The number of amides is 1. The van der Waals surface area contributed by atoms with Gasteiger partial charge in [-0.1, -0.05) is 66.7 Å². The van der Waals surface area contributed by atoms with Gasteiger partial charge in [-0.2, -0.15) is 5.10 Å². The van der Waals surface area contributed by atoms with Gasteiger partial charge in [-0.25, -0.2) is 5.01 Å². The highest BCUT2D eigenvalue weighted by molar-refractivity contribution is 6.02. The highest BCUT2D eigenvalue weighted by Gasteiger charge is 2.19. The van der Waals surface area contributed by atoms with Crippen molar-refractivity contribution in [3.05, 3.63) is 77.9 Å². The van der Waals surface area contributed by atoms with Crippen LogP contribution in [-0.4, -0.2) is 16.6 Å². The smallest absolute Gasteiger partial charge is 0.243 e. The van der Waals surface area contributed by atoms with Crippen LogP contribution in [0, 0.1) is 0 Å². The Morgan fingerprint density at radius 2 is 1.59 bits per heavy atom.